The number of aryl methyl sites for hydroxylation is 2. The van der Waals surface area contributed by atoms with Crippen molar-refractivity contribution in [2.45, 2.75) is 40.4 Å². The van der Waals surface area contributed by atoms with Gasteiger partial charge in [-0.15, -0.1) is 11.3 Å². The average Bonchev–Trinajstić information content (AvgIpc) is 2.78. The van der Waals surface area contributed by atoms with Crippen molar-refractivity contribution in [3.05, 3.63) is 51.0 Å². The summed E-state index contributed by atoms with van der Waals surface area (Å²) in [5, 5.41) is 0. The van der Waals surface area contributed by atoms with E-state index < -0.39 is 0 Å². The fraction of sp³-hybridized carbons (Fsp3) is 0.438. The summed E-state index contributed by atoms with van der Waals surface area (Å²) in [4.78, 5) is 9.64. The summed E-state index contributed by atoms with van der Waals surface area (Å²) in [6, 6.07) is 8.46. The number of thiophene rings is 1. The Kier molecular flexibility index (Phi) is 5.29. The number of hydrogen-bond acceptors (Lipinski definition) is 4. The molecule has 0 spiro atoms. The predicted octanol–water partition coefficient (Wildman–Crippen LogP) is 3.24. The lowest BCUT2D eigenvalue weighted by atomic mass is 10.2. The normalized spacial score (nSPS) is 11.2. The second-order valence-corrected chi connectivity index (χ2v) is 6.41. The summed E-state index contributed by atoms with van der Waals surface area (Å²) in [6.07, 6.45) is 0. The predicted molar refractivity (Wildman–Crippen MR) is 85.7 cm³/mol. The Morgan fingerprint density at radius 3 is 2.65 bits per heavy atom. The largest absolute Gasteiger partial charge is 0.326 e. The topological polar surface area (TPSA) is 42.2 Å². The molecule has 0 saturated carbocycles. The zero-order valence-corrected chi connectivity index (χ0v) is 13.3. The molecule has 0 aliphatic heterocycles. The molecular formula is C16H23N3S. The molecule has 0 radical (unpaired) electrons. The van der Waals surface area contributed by atoms with Crippen molar-refractivity contribution < 1.29 is 0 Å². The van der Waals surface area contributed by atoms with E-state index in [1.165, 1.54) is 15.3 Å². The van der Waals surface area contributed by atoms with Crippen LogP contribution in [0.5, 0.6) is 0 Å². The van der Waals surface area contributed by atoms with Gasteiger partial charge in [-0.1, -0.05) is 13.0 Å². The van der Waals surface area contributed by atoms with Gasteiger partial charge in [0, 0.05) is 35.1 Å². The summed E-state index contributed by atoms with van der Waals surface area (Å²) >= 11 is 1.81. The molecule has 2 N–H and O–H groups in total. The minimum atomic E-state index is 0.636. The zero-order chi connectivity index (χ0) is 14.5. The molecule has 2 heterocycles. The van der Waals surface area contributed by atoms with Crippen molar-refractivity contribution in [2.75, 3.05) is 6.54 Å². The Hall–Kier alpha value is -1.23. The molecule has 108 valence electrons. The second kappa shape index (κ2) is 6.97. The first-order valence-corrected chi connectivity index (χ1v) is 7.87. The van der Waals surface area contributed by atoms with Crippen molar-refractivity contribution in [1.29, 1.82) is 0 Å². The van der Waals surface area contributed by atoms with E-state index in [1.54, 1.807) is 0 Å². The van der Waals surface area contributed by atoms with Crippen molar-refractivity contribution >= 4 is 11.3 Å². The second-order valence-electron chi connectivity index (χ2n) is 5.07. The molecule has 0 aromatic carbocycles. The molecule has 4 heteroatoms. The lowest BCUT2D eigenvalue weighted by molar-refractivity contribution is 0.268. The van der Waals surface area contributed by atoms with Gasteiger partial charge in [-0.2, -0.15) is 0 Å². The van der Waals surface area contributed by atoms with Crippen LogP contribution >= 0.6 is 11.3 Å². The van der Waals surface area contributed by atoms with E-state index in [-0.39, 0.29) is 0 Å². The fourth-order valence-corrected chi connectivity index (χ4v) is 3.21. The van der Waals surface area contributed by atoms with Gasteiger partial charge >= 0.3 is 0 Å². The van der Waals surface area contributed by atoms with Gasteiger partial charge in [-0.3, -0.25) is 9.88 Å². The summed E-state index contributed by atoms with van der Waals surface area (Å²) < 4.78 is 0. The van der Waals surface area contributed by atoms with Gasteiger partial charge < -0.3 is 5.73 Å². The number of nitrogens with zero attached hydrogens (tertiary/aromatic N) is 2. The highest BCUT2D eigenvalue weighted by Gasteiger charge is 2.10. The van der Waals surface area contributed by atoms with Crippen LogP contribution in [0.25, 0.3) is 0 Å². The Morgan fingerprint density at radius 1 is 1.25 bits per heavy atom. The van der Waals surface area contributed by atoms with E-state index in [0.29, 0.717) is 6.54 Å². The Bertz CT molecular complexity index is 563. The first-order valence-electron chi connectivity index (χ1n) is 7.05. The molecule has 0 aliphatic rings. The summed E-state index contributed by atoms with van der Waals surface area (Å²) in [7, 11) is 0. The van der Waals surface area contributed by atoms with Gasteiger partial charge in [0.2, 0.25) is 0 Å². The van der Waals surface area contributed by atoms with Gasteiger partial charge in [0.15, 0.2) is 0 Å². The third kappa shape index (κ3) is 3.88. The zero-order valence-electron chi connectivity index (χ0n) is 12.5. The van der Waals surface area contributed by atoms with Crippen LogP contribution < -0.4 is 5.73 Å². The molecular weight excluding hydrogens is 266 g/mol. The van der Waals surface area contributed by atoms with Crippen LogP contribution in [0.2, 0.25) is 0 Å². The first kappa shape index (κ1) is 15.2. The highest BCUT2D eigenvalue weighted by Crippen LogP contribution is 2.23. The third-order valence-electron chi connectivity index (χ3n) is 3.45. The lowest BCUT2D eigenvalue weighted by Crippen LogP contribution is -2.23. The van der Waals surface area contributed by atoms with Gasteiger partial charge in [0.1, 0.15) is 0 Å². The number of hydrogen-bond donors (Lipinski definition) is 1. The van der Waals surface area contributed by atoms with E-state index in [1.807, 2.05) is 24.3 Å². The number of nitrogens with two attached hydrogens (primary N) is 1. The Morgan fingerprint density at radius 2 is 2.05 bits per heavy atom. The van der Waals surface area contributed by atoms with E-state index >= 15 is 0 Å². The van der Waals surface area contributed by atoms with Gasteiger partial charge in [0.25, 0.3) is 0 Å². The van der Waals surface area contributed by atoms with Crippen molar-refractivity contribution in [1.82, 2.24) is 9.88 Å². The van der Waals surface area contributed by atoms with Crippen LogP contribution in [0.15, 0.2) is 24.3 Å². The smallest absolute Gasteiger partial charge is 0.0547 e. The molecule has 0 unspecified atom stereocenters. The standard InChI is InChI=1S/C16H23N3S/c1-4-19(11-15-7-5-6-12(2)18-15)10-14-8-16(9-17)20-13(14)3/h5-8H,4,9-11,17H2,1-3H3. The van der Waals surface area contributed by atoms with Gasteiger partial charge in [-0.05, 0) is 44.2 Å². The first-order chi connectivity index (χ1) is 9.62. The molecule has 0 amide bonds. The van der Waals surface area contributed by atoms with Crippen molar-refractivity contribution in [3.8, 4) is 0 Å². The average molecular weight is 289 g/mol. The molecule has 0 atom stereocenters. The molecule has 0 bridgehead atoms. The highest BCUT2D eigenvalue weighted by molar-refractivity contribution is 7.12. The van der Waals surface area contributed by atoms with Gasteiger partial charge in [-0.25, -0.2) is 0 Å². The van der Waals surface area contributed by atoms with Crippen LogP contribution in [-0.4, -0.2) is 16.4 Å². The molecule has 20 heavy (non-hydrogen) atoms. The van der Waals surface area contributed by atoms with Crippen LogP contribution in [0.1, 0.15) is 33.6 Å². The van der Waals surface area contributed by atoms with Crippen molar-refractivity contribution in [2.24, 2.45) is 5.73 Å². The monoisotopic (exact) mass is 289 g/mol. The quantitative estimate of drug-likeness (QED) is 0.887. The number of pyridine rings is 1. The van der Waals surface area contributed by atoms with Crippen LogP contribution in [-0.2, 0) is 19.6 Å². The molecule has 0 fully saturated rings. The minimum Gasteiger partial charge on any atom is -0.326 e. The maximum absolute atomic E-state index is 5.72. The van der Waals surface area contributed by atoms with E-state index in [9.17, 15) is 0 Å². The number of rotatable bonds is 6. The molecule has 0 saturated heterocycles. The van der Waals surface area contributed by atoms with E-state index in [4.69, 9.17) is 5.73 Å². The summed E-state index contributed by atoms with van der Waals surface area (Å²) in [6.45, 7) is 9.93. The summed E-state index contributed by atoms with van der Waals surface area (Å²) in [5.74, 6) is 0. The van der Waals surface area contributed by atoms with Crippen LogP contribution in [0.3, 0.4) is 0 Å². The van der Waals surface area contributed by atoms with Crippen LogP contribution in [0.4, 0.5) is 0 Å². The summed E-state index contributed by atoms with van der Waals surface area (Å²) in [5.41, 5.74) is 9.33. The maximum atomic E-state index is 5.72. The van der Waals surface area contributed by atoms with Crippen molar-refractivity contribution in [3.63, 3.8) is 0 Å². The highest BCUT2D eigenvalue weighted by atomic mass is 32.1. The third-order valence-corrected chi connectivity index (χ3v) is 4.56. The SMILES string of the molecule is CCN(Cc1cccc(C)n1)Cc1cc(CN)sc1C. The maximum Gasteiger partial charge on any atom is 0.0547 e. The molecule has 2 aromatic rings. The van der Waals surface area contributed by atoms with E-state index in [0.717, 1.165) is 31.0 Å². The molecule has 0 aliphatic carbocycles. The Labute approximate surface area is 125 Å². The molecule has 2 aromatic heterocycles. The van der Waals surface area contributed by atoms with E-state index in [2.05, 4.69) is 41.9 Å². The molecule has 2 rings (SSSR count). The number of aromatic nitrogens is 1. The van der Waals surface area contributed by atoms with Gasteiger partial charge in [0.05, 0.1) is 5.69 Å². The fourth-order valence-electron chi connectivity index (χ4n) is 2.28. The Balaban J connectivity index is 2.06. The molecule has 3 nitrogen and oxygen atoms in total. The van der Waals surface area contributed by atoms with Crippen LogP contribution in [0, 0.1) is 13.8 Å². The lowest BCUT2D eigenvalue weighted by Gasteiger charge is -2.20. The minimum absolute atomic E-state index is 0.636.